The van der Waals surface area contributed by atoms with Gasteiger partial charge in [0, 0.05) is 23.6 Å². The highest BCUT2D eigenvalue weighted by molar-refractivity contribution is 7.45. The molecule has 3 N–H and O–H groups in total. The molecule has 1 saturated heterocycles. The van der Waals surface area contributed by atoms with Gasteiger partial charge in [0.25, 0.3) is 5.56 Å². The van der Waals surface area contributed by atoms with Gasteiger partial charge in [-0.05, 0) is 24.8 Å². The summed E-state index contributed by atoms with van der Waals surface area (Å²) in [5.41, 5.74) is -1.15. The van der Waals surface area contributed by atoms with Crippen molar-refractivity contribution in [2.45, 2.75) is 58.1 Å². The molecule has 1 aliphatic rings. The van der Waals surface area contributed by atoms with E-state index in [9.17, 15) is 19.5 Å². The summed E-state index contributed by atoms with van der Waals surface area (Å²) in [6.07, 6.45) is 0.457. The van der Waals surface area contributed by atoms with Gasteiger partial charge in [0.1, 0.15) is 24.1 Å². The minimum atomic E-state index is -1.89. The van der Waals surface area contributed by atoms with Gasteiger partial charge >= 0.3 is 20.2 Å². The molecule has 12 heteroatoms. The van der Waals surface area contributed by atoms with Gasteiger partial charge in [0.2, 0.25) is 0 Å². The molecule has 6 atom stereocenters. The van der Waals surface area contributed by atoms with Crippen LogP contribution in [-0.2, 0) is 18.8 Å². The number of aliphatic hydroxyl groups is 1. The zero-order valence-electron chi connectivity index (χ0n) is 22.1. The normalized spacial score (nSPS) is 22.5. The minimum absolute atomic E-state index is 0.0822. The van der Waals surface area contributed by atoms with Crippen LogP contribution in [0, 0.1) is 5.92 Å². The number of carbonyl (C=O) groups is 1. The maximum absolute atomic E-state index is 12.5. The van der Waals surface area contributed by atoms with Crippen molar-refractivity contribution in [2.24, 2.45) is 5.92 Å². The summed E-state index contributed by atoms with van der Waals surface area (Å²) in [5, 5.41) is 15.8. The average molecular weight is 560 g/mol. The van der Waals surface area contributed by atoms with Crippen LogP contribution in [0.2, 0.25) is 0 Å². The Morgan fingerprint density at radius 1 is 1.21 bits per heavy atom. The Kier molecular flexibility index (Phi) is 9.88. The first kappa shape index (κ1) is 28.9. The Morgan fingerprint density at radius 3 is 2.74 bits per heavy atom. The minimum Gasteiger partial charge on any atom is -0.465 e. The van der Waals surface area contributed by atoms with Gasteiger partial charge in [-0.15, -0.1) is 0 Å². The number of ether oxygens (including phenoxy) is 2. The molecule has 0 radical (unpaired) electrons. The number of nitrogens with zero attached hydrogens (tertiary/aromatic N) is 1. The van der Waals surface area contributed by atoms with Crippen molar-refractivity contribution in [2.75, 3.05) is 13.2 Å². The summed E-state index contributed by atoms with van der Waals surface area (Å²) in [7, 11) is -1.89. The van der Waals surface area contributed by atoms with Crippen LogP contribution in [0.5, 0.6) is 5.75 Å². The fraction of sp³-hybridized carbons (Fsp3) is 0.444. The molecular formula is C27H34N3O8P. The van der Waals surface area contributed by atoms with Gasteiger partial charge in [0.15, 0.2) is 0 Å². The molecule has 1 fully saturated rings. The zero-order chi connectivity index (χ0) is 27.9. The molecule has 210 valence electrons. The van der Waals surface area contributed by atoms with Crippen molar-refractivity contribution in [1.29, 1.82) is 0 Å². The Labute approximate surface area is 227 Å². The Bertz CT molecular complexity index is 1370. The van der Waals surface area contributed by atoms with Gasteiger partial charge < -0.3 is 23.6 Å². The van der Waals surface area contributed by atoms with Crippen LogP contribution in [-0.4, -0.2) is 52.1 Å². The molecule has 0 aliphatic carbocycles. The molecule has 0 saturated carbocycles. The average Bonchev–Trinajstić information content (AvgIpc) is 3.20. The van der Waals surface area contributed by atoms with E-state index in [4.69, 9.17) is 18.5 Å². The maximum atomic E-state index is 12.5. The number of benzene rings is 2. The second-order valence-electron chi connectivity index (χ2n) is 9.43. The number of esters is 1. The number of fused-ring (bicyclic) bond motifs is 1. The van der Waals surface area contributed by atoms with Crippen LogP contribution >= 0.6 is 8.53 Å². The number of carbonyl (C=O) groups excluding carboxylic acids is 1. The molecule has 4 rings (SSSR count). The fourth-order valence-electron chi connectivity index (χ4n) is 4.22. The number of H-pyrrole nitrogens is 1. The molecule has 0 spiro atoms. The van der Waals surface area contributed by atoms with Crippen LogP contribution in [0.3, 0.4) is 0 Å². The lowest BCUT2D eigenvalue weighted by Gasteiger charge is -2.24. The number of aliphatic hydroxyl groups excluding tert-OH is 1. The number of hydrogen-bond acceptors (Lipinski definition) is 9. The molecule has 39 heavy (non-hydrogen) atoms. The summed E-state index contributed by atoms with van der Waals surface area (Å²) in [5.74, 6) is -0.325. The number of hydrogen-bond donors (Lipinski definition) is 3. The van der Waals surface area contributed by atoms with Gasteiger partial charge in [-0.3, -0.25) is 19.1 Å². The highest BCUT2D eigenvalue weighted by atomic mass is 31.2. The van der Waals surface area contributed by atoms with E-state index in [1.807, 2.05) is 49.4 Å². The topological polar surface area (TPSA) is 141 Å². The third-order valence-corrected chi connectivity index (χ3v) is 7.83. The highest BCUT2D eigenvalue weighted by Crippen LogP contribution is 2.41. The van der Waals surface area contributed by atoms with Crippen LogP contribution in [0.4, 0.5) is 0 Å². The first-order chi connectivity index (χ1) is 18.8. The number of rotatable bonds is 12. The molecule has 6 unspecified atom stereocenters. The molecule has 2 heterocycles. The summed E-state index contributed by atoms with van der Waals surface area (Å²) in [6, 6.07) is 13.9. The van der Waals surface area contributed by atoms with E-state index in [0.717, 1.165) is 23.6 Å². The van der Waals surface area contributed by atoms with Crippen molar-refractivity contribution in [3.63, 3.8) is 0 Å². The third-order valence-electron chi connectivity index (χ3n) is 6.49. The number of aromatic nitrogens is 2. The molecule has 2 aromatic carbocycles. The molecule has 0 bridgehead atoms. The smallest absolute Gasteiger partial charge is 0.330 e. The highest BCUT2D eigenvalue weighted by Gasteiger charge is 2.43. The van der Waals surface area contributed by atoms with E-state index in [2.05, 4.69) is 10.1 Å². The third kappa shape index (κ3) is 7.12. The lowest BCUT2D eigenvalue weighted by molar-refractivity contribution is -0.145. The Hall–Kier alpha value is -3.08. The lowest BCUT2D eigenvalue weighted by atomic mass is 10.0. The summed E-state index contributed by atoms with van der Waals surface area (Å²) in [4.78, 5) is 38.5. The maximum Gasteiger partial charge on any atom is 0.330 e. The van der Waals surface area contributed by atoms with E-state index in [1.54, 1.807) is 13.8 Å². The first-order valence-corrected chi connectivity index (χ1v) is 14.1. The van der Waals surface area contributed by atoms with Crippen molar-refractivity contribution >= 4 is 25.3 Å². The Morgan fingerprint density at radius 2 is 1.97 bits per heavy atom. The Balaban J connectivity index is 1.49. The van der Waals surface area contributed by atoms with E-state index in [-0.39, 0.29) is 6.61 Å². The zero-order valence-corrected chi connectivity index (χ0v) is 23.0. The van der Waals surface area contributed by atoms with Crippen molar-refractivity contribution in [3.05, 3.63) is 75.6 Å². The van der Waals surface area contributed by atoms with Gasteiger partial charge in [-0.1, -0.05) is 56.7 Å². The molecule has 1 aromatic heterocycles. The van der Waals surface area contributed by atoms with Crippen molar-refractivity contribution < 1.29 is 28.4 Å². The molecule has 0 amide bonds. The van der Waals surface area contributed by atoms with Gasteiger partial charge in [-0.25, -0.2) is 9.88 Å². The number of nitrogens with one attached hydrogen (secondary N) is 2. The van der Waals surface area contributed by atoms with Crippen LogP contribution in [0.1, 0.15) is 39.8 Å². The second kappa shape index (κ2) is 13.3. The van der Waals surface area contributed by atoms with Crippen LogP contribution < -0.4 is 20.9 Å². The van der Waals surface area contributed by atoms with E-state index in [1.165, 1.54) is 16.8 Å². The predicted molar refractivity (Wildman–Crippen MR) is 146 cm³/mol. The second-order valence-corrected chi connectivity index (χ2v) is 10.6. The van der Waals surface area contributed by atoms with Crippen molar-refractivity contribution in [1.82, 2.24) is 14.6 Å². The number of unbranched alkanes of at least 4 members (excludes halogenated alkanes) is 1. The van der Waals surface area contributed by atoms with Crippen LogP contribution in [0.15, 0.2) is 64.3 Å². The van der Waals surface area contributed by atoms with Crippen LogP contribution in [0.25, 0.3) is 10.8 Å². The SMILES string of the molecule is CCCCOC(=O)C(C)NP(OCC1OC(n2ccc(=O)[nH]c2=O)C(C)C1O)Oc1cccc2ccccc12. The molecule has 11 nitrogen and oxygen atoms in total. The molecular weight excluding hydrogens is 525 g/mol. The summed E-state index contributed by atoms with van der Waals surface area (Å²) in [6.45, 7) is 5.67. The largest absolute Gasteiger partial charge is 0.465 e. The van der Waals surface area contributed by atoms with E-state index >= 15 is 0 Å². The number of aromatic amines is 1. The fourth-order valence-corrected chi connectivity index (χ4v) is 5.45. The van der Waals surface area contributed by atoms with Crippen molar-refractivity contribution in [3.8, 4) is 5.75 Å². The van der Waals surface area contributed by atoms with Gasteiger partial charge in [0.05, 0.1) is 19.3 Å². The van der Waals surface area contributed by atoms with E-state index in [0.29, 0.717) is 12.4 Å². The monoisotopic (exact) mass is 559 g/mol. The predicted octanol–water partition coefficient (Wildman–Crippen LogP) is 3.23. The standard InChI is InChI=1S/C27H34N3O8P/c1-4-5-15-35-26(33)18(3)29-39(38-21-12-8-10-19-9-6-7-11-20(19)21)36-16-22-24(32)17(2)25(37-22)30-14-13-23(31)28-27(30)34/h6-14,17-18,22,24-25,29,32H,4-5,15-16H2,1-3H3,(H,28,31,34). The quantitative estimate of drug-likeness (QED) is 0.173. The van der Waals surface area contributed by atoms with E-state index < -0.39 is 56.1 Å². The van der Waals surface area contributed by atoms with Gasteiger partial charge in [-0.2, -0.15) is 0 Å². The summed E-state index contributed by atoms with van der Waals surface area (Å²) >= 11 is 0. The lowest BCUT2D eigenvalue weighted by Crippen LogP contribution is -2.35. The molecule has 1 aliphatic heterocycles. The summed E-state index contributed by atoms with van der Waals surface area (Å²) < 4.78 is 24.9. The first-order valence-electron chi connectivity index (χ1n) is 12.9. The molecule has 3 aromatic rings.